The quantitative estimate of drug-likeness (QED) is 0.324. The Labute approximate surface area is 284 Å². The average Bonchev–Trinajstić information content (AvgIpc) is 3.48. The van der Waals surface area contributed by atoms with Gasteiger partial charge in [0.2, 0.25) is 0 Å². The van der Waals surface area contributed by atoms with E-state index >= 15 is 0 Å². The topological polar surface area (TPSA) is 106 Å². The maximum absolute atomic E-state index is 12.8. The van der Waals surface area contributed by atoms with Crippen LogP contribution in [-0.2, 0) is 19.3 Å². The fourth-order valence-corrected chi connectivity index (χ4v) is 8.06. The van der Waals surface area contributed by atoms with Gasteiger partial charge in [0.25, 0.3) is 0 Å². The van der Waals surface area contributed by atoms with Gasteiger partial charge in [-0.05, 0) is 113 Å². The van der Waals surface area contributed by atoms with Crippen LogP contribution in [0.15, 0.2) is 12.1 Å². The Bertz CT molecular complexity index is 1370. The lowest BCUT2D eigenvalue weighted by molar-refractivity contribution is 0.217. The van der Waals surface area contributed by atoms with Crippen molar-refractivity contribution < 1.29 is 4.39 Å². The van der Waals surface area contributed by atoms with Gasteiger partial charge in [-0.1, -0.05) is 47.6 Å². The number of aryl methyl sites for hydroxylation is 1. The first kappa shape index (κ1) is 38.2. The molecule has 0 spiro atoms. The smallest absolute Gasteiger partial charge is 0.135 e. The highest BCUT2D eigenvalue weighted by atomic mass is 19.1. The largest absolute Gasteiger partial charge is 0.398 e. The van der Waals surface area contributed by atoms with Gasteiger partial charge in [-0.3, -0.25) is 4.90 Å². The number of fused-ring (bicyclic) bond motifs is 2. The molecule has 2 aromatic rings. The summed E-state index contributed by atoms with van der Waals surface area (Å²) < 4.78 is 12.8. The molecule has 1 aromatic heterocycles. The van der Waals surface area contributed by atoms with E-state index in [1.54, 1.807) is 0 Å². The molecule has 258 valence electrons. The highest BCUT2D eigenvalue weighted by molar-refractivity contribution is 5.63. The number of nitriles is 2. The van der Waals surface area contributed by atoms with E-state index in [4.69, 9.17) is 21.0 Å². The third kappa shape index (κ3) is 8.82. The van der Waals surface area contributed by atoms with Crippen LogP contribution in [0.5, 0.6) is 0 Å². The van der Waals surface area contributed by atoms with Gasteiger partial charge in [0, 0.05) is 49.4 Å². The lowest BCUT2D eigenvalue weighted by Crippen LogP contribution is -2.34. The third-order valence-electron chi connectivity index (χ3n) is 10.9. The minimum Gasteiger partial charge on any atom is -0.398 e. The Hall–Kier alpha value is -3.23. The highest BCUT2D eigenvalue weighted by Gasteiger charge is 2.44. The van der Waals surface area contributed by atoms with Gasteiger partial charge in [0.1, 0.15) is 23.9 Å². The van der Waals surface area contributed by atoms with E-state index in [1.165, 1.54) is 60.3 Å². The lowest BCUT2D eigenvalue weighted by Gasteiger charge is -2.32. The summed E-state index contributed by atoms with van der Waals surface area (Å²) in [6.07, 6.45) is 11.2. The van der Waals surface area contributed by atoms with Crippen molar-refractivity contribution in [3.63, 3.8) is 0 Å². The molecule has 4 heterocycles. The summed E-state index contributed by atoms with van der Waals surface area (Å²) in [7, 11) is 0. The van der Waals surface area contributed by atoms with Crippen LogP contribution in [0, 0.1) is 29.1 Å². The van der Waals surface area contributed by atoms with Crippen LogP contribution >= 0.6 is 0 Å². The van der Waals surface area contributed by atoms with Crippen LogP contribution in [0.25, 0.3) is 0 Å². The van der Waals surface area contributed by atoms with E-state index in [0.717, 1.165) is 69.9 Å². The first-order chi connectivity index (χ1) is 22.7. The maximum Gasteiger partial charge on any atom is 0.135 e. The predicted octanol–water partition coefficient (Wildman–Crippen LogP) is 8.65. The number of hydrogen-bond donors (Lipinski definition) is 1. The van der Waals surface area contributed by atoms with E-state index in [-0.39, 0.29) is 11.5 Å². The summed E-state index contributed by atoms with van der Waals surface area (Å²) in [5.41, 5.74) is 12.8. The van der Waals surface area contributed by atoms with E-state index < -0.39 is 6.17 Å². The van der Waals surface area contributed by atoms with E-state index in [0.29, 0.717) is 23.7 Å². The molecule has 47 heavy (non-hydrogen) atoms. The number of aromatic nitrogens is 2. The fourth-order valence-electron chi connectivity index (χ4n) is 8.06. The van der Waals surface area contributed by atoms with Gasteiger partial charge in [-0.25, -0.2) is 19.6 Å². The SMILES string of the molecule is C#N.CC.CC12CCCN1CC(F)C2.CCc1nc2c(c(N3CCCC(C)CC3)n1)CCC(c1c(C(C)CC)ccc(N)c1C#N)C2. The number of anilines is 2. The lowest BCUT2D eigenvalue weighted by atomic mass is 9.76. The maximum atomic E-state index is 12.8. The molecule has 1 aromatic carbocycles. The summed E-state index contributed by atoms with van der Waals surface area (Å²) in [5, 5.41) is 16.5. The normalized spacial score (nSPS) is 25.6. The molecule has 3 aliphatic heterocycles. The predicted molar refractivity (Wildman–Crippen MR) is 192 cm³/mol. The van der Waals surface area contributed by atoms with E-state index in [2.05, 4.69) is 63.1 Å². The first-order valence-corrected chi connectivity index (χ1v) is 18.3. The Balaban J connectivity index is 0.000000357. The van der Waals surface area contributed by atoms with Crippen molar-refractivity contribution in [1.82, 2.24) is 14.9 Å². The molecule has 0 amide bonds. The van der Waals surface area contributed by atoms with Crippen molar-refractivity contribution in [2.75, 3.05) is 36.8 Å². The Kier molecular flexibility index (Phi) is 14.5. The third-order valence-corrected chi connectivity index (χ3v) is 10.9. The number of rotatable bonds is 5. The van der Waals surface area contributed by atoms with Gasteiger partial charge in [-0.15, -0.1) is 0 Å². The van der Waals surface area contributed by atoms with Crippen molar-refractivity contribution in [2.24, 2.45) is 5.92 Å². The second-order valence-electron chi connectivity index (χ2n) is 14.0. The molecular formula is C39H60FN7. The molecule has 7 nitrogen and oxygen atoms in total. The molecule has 1 aliphatic carbocycles. The van der Waals surface area contributed by atoms with Crippen molar-refractivity contribution in [3.05, 3.63) is 45.9 Å². The number of hydrogen-bond acceptors (Lipinski definition) is 7. The number of halogens is 1. The molecule has 0 saturated carbocycles. The van der Waals surface area contributed by atoms with Gasteiger partial charge in [-0.2, -0.15) is 5.26 Å². The van der Waals surface area contributed by atoms with Gasteiger partial charge in [0.05, 0.1) is 11.3 Å². The average molecular weight is 646 g/mol. The Morgan fingerprint density at radius 2 is 1.85 bits per heavy atom. The Morgan fingerprint density at radius 1 is 1.11 bits per heavy atom. The number of nitrogens with zero attached hydrogens (tertiary/aromatic N) is 6. The number of benzene rings is 1. The van der Waals surface area contributed by atoms with Crippen LogP contribution in [0.2, 0.25) is 0 Å². The highest BCUT2D eigenvalue weighted by Crippen LogP contribution is 2.42. The van der Waals surface area contributed by atoms with Crippen LogP contribution in [0.3, 0.4) is 0 Å². The molecule has 4 aliphatic rings. The van der Waals surface area contributed by atoms with Crippen LogP contribution < -0.4 is 10.6 Å². The summed E-state index contributed by atoms with van der Waals surface area (Å²) >= 11 is 0. The number of alkyl halides is 1. The zero-order valence-electron chi connectivity index (χ0n) is 30.3. The molecule has 3 saturated heterocycles. The second-order valence-corrected chi connectivity index (χ2v) is 14.0. The van der Waals surface area contributed by atoms with Crippen molar-refractivity contribution in [3.8, 4) is 12.6 Å². The monoisotopic (exact) mass is 645 g/mol. The van der Waals surface area contributed by atoms with Gasteiger partial charge < -0.3 is 10.6 Å². The number of nitrogen functional groups attached to an aromatic ring is 1. The zero-order valence-corrected chi connectivity index (χ0v) is 30.3. The van der Waals surface area contributed by atoms with Gasteiger partial charge in [0.15, 0.2) is 0 Å². The summed E-state index contributed by atoms with van der Waals surface area (Å²) in [4.78, 5) is 14.9. The number of nitrogens with two attached hydrogens (primary N) is 1. The molecule has 3 fully saturated rings. The van der Waals surface area contributed by atoms with E-state index in [1.807, 2.05) is 19.9 Å². The second kappa shape index (κ2) is 17.8. The minimum atomic E-state index is -0.551. The minimum absolute atomic E-state index is 0.236. The summed E-state index contributed by atoms with van der Waals surface area (Å²) in [6, 6.07) is 6.50. The molecule has 5 unspecified atom stereocenters. The van der Waals surface area contributed by atoms with Crippen LogP contribution in [-0.4, -0.2) is 52.8 Å². The van der Waals surface area contributed by atoms with Crippen LogP contribution in [0.1, 0.15) is 145 Å². The molecule has 2 N–H and O–H groups in total. The summed E-state index contributed by atoms with van der Waals surface area (Å²) in [6.45, 7) is 22.7. The molecule has 8 heteroatoms. The van der Waals surface area contributed by atoms with Crippen molar-refractivity contribution in [1.29, 1.82) is 10.5 Å². The van der Waals surface area contributed by atoms with Gasteiger partial charge >= 0.3 is 0 Å². The van der Waals surface area contributed by atoms with Crippen LogP contribution in [0.4, 0.5) is 15.9 Å². The van der Waals surface area contributed by atoms with E-state index in [9.17, 15) is 9.65 Å². The molecular weight excluding hydrogens is 585 g/mol. The zero-order chi connectivity index (χ0) is 34.7. The Morgan fingerprint density at radius 3 is 2.51 bits per heavy atom. The van der Waals surface area contributed by atoms with Crippen molar-refractivity contribution >= 4 is 11.5 Å². The molecule has 0 bridgehead atoms. The fraction of sp³-hybridized carbons (Fsp3) is 0.692. The standard InChI is InChI=1S/C28H39N5.C8H14FN.C2H6.CHN/c1-5-19(4)21-11-12-24(30)23(17-29)27(21)20-9-10-22-25(16-20)31-26(6-2)32-28(22)33-14-7-8-18(3)13-15-33;1-8-3-2-4-10(8)6-7(9)5-8;2*1-2/h11-12,18-20H,5-10,13-16,30H2,1-4H3;7H,2-6H2,1H3;1-2H3;1H. The van der Waals surface area contributed by atoms with Crippen molar-refractivity contribution in [2.45, 2.75) is 143 Å². The molecule has 0 radical (unpaired) electrons. The molecule has 6 rings (SSSR count). The first-order valence-electron chi connectivity index (χ1n) is 18.3. The molecule has 5 atom stereocenters. The summed E-state index contributed by atoms with van der Waals surface area (Å²) in [5.74, 6) is 3.59.